The molecular weight excluding hydrogens is 430 g/mol. The summed E-state index contributed by atoms with van der Waals surface area (Å²) in [5, 5.41) is 4.02. The number of ether oxygens (including phenoxy) is 1. The maximum atomic E-state index is 13.0. The van der Waals surface area contributed by atoms with Crippen molar-refractivity contribution in [2.75, 3.05) is 25.5 Å². The first-order valence-electron chi connectivity index (χ1n) is 9.09. The van der Waals surface area contributed by atoms with Crippen LogP contribution in [0.5, 0.6) is 0 Å². The molecule has 0 bridgehead atoms. The summed E-state index contributed by atoms with van der Waals surface area (Å²) in [6.45, 7) is 8.41. The predicted octanol–water partition coefficient (Wildman–Crippen LogP) is 3.45. The van der Waals surface area contributed by atoms with Gasteiger partial charge in [-0.2, -0.15) is 0 Å². The van der Waals surface area contributed by atoms with Gasteiger partial charge in [0.15, 0.2) is 5.16 Å². The number of nitrogens with zero attached hydrogens (tertiary/aromatic N) is 2. The number of aromatic nitrogens is 2. The van der Waals surface area contributed by atoms with Gasteiger partial charge in [0.2, 0.25) is 5.91 Å². The van der Waals surface area contributed by atoms with Gasteiger partial charge in [-0.05, 0) is 37.5 Å². The maximum Gasteiger partial charge on any atom is 0.262 e. The zero-order chi connectivity index (χ0) is 19.8. The van der Waals surface area contributed by atoms with E-state index in [4.69, 9.17) is 4.74 Å². The second-order valence-corrected chi connectivity index (χ2v) is 8.41. The fraction of sp³-hybridized carbons (Fsp3) is 0.526. The largest absolute Gasteiger partial charge is 0.382 e. The minimum Gasteiger partial charge on any atom is -0.382 e. The Balaban J connectivity index is 2.24. The third-order valence-corrected chi connectivity index (χ3v) is 5.27. The van der Waals surface area contributed by atoms with Crippen molar-refractivity contribution < 1.29 is 9.53 Å². The van der Waals surface area contributed by atoms with Crippen molar-refractivity contribution in [3.63, 3.8) is 0 Å². The first-order valence-corrected chi connectivity index (χ1v) is 10.9. The van der Waals surface area contributed by atoms with Gasteiger partial charge in [-0.1, -0.05) is 41.5 Å². The van der Waals surface area contributed by atoms with E-state index in [9.17, 15) is 9.59 Å². The van der Waals surface area contributed by atoms with Crippen molar-refractivity contribution in [1.82, 2.24) is 14.9 Å². The Hall–Kier alpha value is -1.38. The molecule has 0 saturated heterocycles. The van der Waals surface area contributed by atoms with E-state index in [1.165, 1.54) is 11.8 Å². The Kier molecular flexibility index (Phi) is 8.79. The van der Waals surface area contributed by atoms with E-state index in [0.29, 0.717) is 54.7 Å². The lowest BCUT2D eigenvalue weighted by atomic mass is 10.2. The predicted molar refractivity (Wildman–Crippen MR) is 113 cm³/mol. The summed E-state index contributed by atoms with van der Waals surface area (Å²) in [5.41, 5.74) is 0.539. The summed E-state index contributed by atoms with van der Waals surface area (Å²) in [6.07, 6.45) is 0.710. The van der Waals surface area contributed by atoms with Gasteiger partial charge in [-0.25, -0.2) is 4.98 Å². The molecule has 2 rings (SSSR count). The molecular formula is C19H26BrN3O3S. The lowest BCUT2D eigenvalue weighted by Crippen LogP contribution is -2.29. The van der Waals surface area contributed by atoms with Gasteiger partial charge in [0.1, 0.15) is 0 Å². The summed E-state index contributed by atoms with van der Waals surface area (Å²) in [5.74, 6) is 0.569. The highest BCUT2D eigenvalue weighted by atomic mass is 79.9. The minimum atomic E-state index is -0.0945. The van der Waals surface area contributed by atoms with Crippen LogP contribution in [0.25, 0.3) is 10.9 Å². The monoisotopic (exact) mass is 455 g/mol. The molecule has 0 spiro atoms. The molecule has 27 heavy (non-hydrogen) atoms. The summed E-state index contributed by atoms with van der Waals surface area (Å²) >= 11 is 4.70. The van der Waals surface area contributed by atoms with Crippen LogP contribution in [0.2, 0.25) is 0 Å². The summed E-state index contributed by atoms with van der Waals surface area (Å²) in [7, 11) is 0. The highest BCUT2D eigenvalue weighted by Crippen LogP contribution is 2.20. The molecule has 1 N–H and O–H groups in total. The van der Waals surface area contributed by atoms with Crippen molar-refractivity contribution in [3.8, 4) is 0 Å². The van der Waals surface area contributed by atoms with Crippen LogP contribution < -0.4 is 10.9 Å². The van der Waals surface area contributed by atoms with Crippen LogP contribution in [0.15, 0.2) is 32.6 Å². The van der Waals surface area contributed by atoms with E-state index in [2.05, 4.69) is 26.2 Å². The topological polar surface area (TPSA) is 73.2 Å². The number of hydrogen-bond acceptors (Lipinski definition) is 5. The quantitative estimate of drug-likeness (QED) is 0.337. The smallest absolute Gasteiger partial charge is 0.262 e. The third-order valence-electron chi connectivity index (χ3n) is 3.80. The second kappa shape index (κ2) is 10.8. The van der Waals surface area contributed by atoms with E-state index in [-0.39, 0.29) is 17.2 Å². The number of halogens is 1. The SMILES string of the molecule is CCOCCCn1c(SCC(=O)NCC(C)C)nc2ccc(Br)cc2c1=O. The van der Waals surface area contributed by atoms with E-state index >= 15 is 0 Å². The Morgan fingerprint density at radius 3 is 2.89 bits per heavy atom. The molecule has 0 aliphatic carbocycles. The lowest BCUT2D eigenvalue weighted by Gasteiger charge is -2.13. The summed E-state index contributed by atoms with van der Waals surface area (Å²) in [6, 6.07) is 5.46. The van der Waals surface area contributed by atoms with Crippen LogP contribution in [0.4, 0.5) is 0 Å². The first kappa shape index (κ1) is 21.9. The molecule has 6 nitrogen and oxygen atoms in total. The molecule has 8 heteroatoms. The number of hydrogen-bond donors (Lipinski definition) is 1. The molecule has 1 aromatic carbocycles. The van der Waals surface area contributed by atoms with E-state index in [1.54, 1.807) is 10.6 Å². The van der Waals surface area contributed by atoms with E-state index < -0.39 is 0 Å². The van der Waals surface area contributed by atoms with Crippen molar-refractivity contribution in [1.29, 1.82) is 0 Å². The van der Waals surface area contributed by atoms with Crippen molar-refractivity contribution in [3.05, 3.63) is 33.0 Å². The number of thioether (sulfide) groups is 1. The number of fused-ring (bicyclic) bond motifs is 1. The third kappa shape index (κ3) is 6.62. The molecule has 1 heterocycles. The second-order valence-electron chi connectivity index (χ2n) is 6.55. The normalized spacial score (nSPS) is 11.3. The molecule has 2 aromatic rings. The molecule has 0 fully saturated rings. The van der Waals surface area contributed by atoms with Gasteiger partial charge < -0.3 is 10.1 Å². The van der Waals surface area contributed by atoms with E-state index in [0.717, 1.165) is 4.47 Å². The summed E-state index contributed by atoms with van der Waals surface area (Å²) < 4.78 is 7.86. The van der Waals surface area contributed by atoms with Crippen molar-refractivity contribution in [2.24, 2.45) is 5.92 Å². The molecule has 1 aromatic heterocycles. The maximum absolute atomic E-state index is 13.0. The molecule has 148 valence electrons. The highest BCUT2D eigenvalue weighted by Gasteiger charge is 2.14. The van der Waals surface area contributed by atoms with Crippen LogP contribution in [0.3, 0.4) is 0 Å². The Morgan fingerprint density at radius 2 is 2.19 bits per heavy atom. The van der Waals surface area contributed by atoms with E-state index in [1.807, 2.05) is 32.9 Å². The fourth-order valence-corrected chi connectivity index (χ4v) is 3.66. The molecule has 0 unspecified atom stereocenters. The Bertz CT molecular complexity index is 839. The van der Waals surface area contributed by atoms with Gasteiger partial charge in [0, 0.05) is 30.8 Å². The van der Waals surface area contributed by atoms with Crippen LogP contribution in [-0.4, -0.2) is 41.0 Å². The molecule has 0 aliphatic heterocycles. The minimum absolute atomic E-state index is 0.0558. The van der Waals surface area contributed by atoms with Crippen LogP contribution in [0.1, 0.15) is 27.2 Å². The Labute approximate surface area is 172 Å². The average molecular weight is 456 g/mol. The van der Waals surface area contributed by atoms with Gasteiger partial charge in [-0.15, -0.1) is 0 Å². The van der Waals surface area contributed by atoms with Crippen LogP contribution in [0, 0.1) is 5.92 Å². The number of carbonyl (C=O) groups is 1. The van der Waals surface area contributed by atoms with Gasteiger partial charge >= 0.3 is 0 Å². The number of rotatable bonds is 10. The van der Waals surface area contributed by atoms with Crippen LogP contribution in [-0.2, 0) is 16.1 Å². The Morgan fingerprint density at radius 1 is 1.41 bits per heavy atom. The molecule has 0 aliphatic rings. The average Bonchev–Trinajstić information content (AvgIpc) is 2.64. The van der Waals surface area contributed by atoms with Crippen molar-refractivity contribution in [2.45, 2.75) is 38.9 Å². The van der Waals surface area contributed by atoms with Crippen LogP contribution >= 0.6 is 27.7 Å². The number of benzene rings is 1. The van der Waals surface area contributed by atoms with Crippen molar-refractivity contribution >= 4 is 44.5 Å². The highest BCUT2D eigenvalue weighted by molar-refractivity contribution is 9.10. The number of amides is 1. The standard InChI is InChI=1S/C19H26BrN3O3S/c1-4-26-9-5-8-23-18(25)15-10-14(20)6-7-16(15)22-19(23)27-12-17(24)21-11-13(2)3/h6-7,10,13H,4-5,8-9,11-12H2,1-3H3,(H,21,24). The van der Waals surface area contributed by atoms with Gasteiger partial charge in [0.05, 0.1) is 16.7 Å². The molecule has 0 radical (unpaired) electrons. The van der Waals surface area contributed by atoms with Gasteiger partial charge in [0.25, 0.3) is 5.56 Å². The summed E-state index contributed by atoms with van der Waals surface area (Å²) in [4.78, 5) is 29.7. The molecule has 0 saturated carbocycles. The molecule has 0 atom stereocenters. The lowest BCUT2D eigenvalue weighted by molar-refractivity contribution is -0.118. The molecule has 1 amide bonds. The fourth-order valence-electron chi connectivity index (χ4n) is 2.45. The zero-order valence-electron chi connectivity index (χ0n) is 16.0. The first-order chi connectivity index (χ1) is 12.9. The number of carbonyl (C=O) groups excluding carboxylic acids is 1. The van der Waals surface area contributed by atoms with Gasteiger partial charge in [-0.3, -0.25) is 14.2 Å². The zero-order valence-corrected chi connectivity index (χ0v) is 18.4. The number of nitrogens with one attached hydrogen (secondary N) is 1.